The maximum atomic E-state index is 11.8. The molecule has 0 N–H and O–H groups in total. The summed E-state index contributed by atoms with van der Waals surface area (Å²) in [5.41, 5.74) is -1.08. The van der Waals surface area contributed by atoms with Gasteiger partial charge >= 0.3 is 6.18 Å². The summed E-state index contributed by atoms with van der Waals surface area (Å²) < 4.78 is 62.1. The van der Waals surface area contributed by atoms with Gasteiger partial charge in [-0.2, -0.15) is 18.4 Å². The molecule has 0 aliphatic carbocycles. The van der Waals surface area contributed by atoms with Crippen LogP contribution in [-0.4, -0.2) is 39.3 Å². The molecule has 1 atom stereocenters. The third-order valence-electron chi connectivity index (χ3n) is 2.62. The molecule has 0 radical (unpaired) electrons. The van der Waals surface area contributed by atoms with Crippen molar-refractivity contribution in [1.82, 2.24) is 0 Å². The van der Waals surface area contributed by atoms with Crippen LogP contribution >= 0.6 is 0 Å². The van der Waals surface area contributed by atoms with Gasteiger partial charge in [0.25, 0.3) is 0 Å². The first kappa shape index (κ1) is 14.3. The van der Waals surface area contributed by atoms with Gasteiger partial charge in [0.1, 0.15) is 6.61 Å². The number of ether oxygens (including phenoxy) is 1. The average molecular weight is 271 g/mol. The Hall–Kier alpha value is -0.810. The van der Waals surface area contributed by atoms with Crippen molar-refractivity contribution >= 4 is 9.84 Å². The average Bonchev–Trinajstić information content (AvgIpc) is 2.49. The predicted molar refractivity (Wildman–Crippen MR) is 52.8 cm³/mol. The van der Waals surface area contributed by atoms with E-state index in [2.05, 4.69) is 4.74 Å². The maximum Gasteiger partial charge on any atom is 0.411 e. The largest absolute Gasteiger partial charge is 0.411 e. The van der Waals surface area contributed by atoms with Crippen molar-refractivity contribution in [3.05, 3.63) is 0 Å². The number of rotatable bonds is 4. The molecule has 0 saturated carbocycles. The van der Waals surface area contributed by atoms with Gasteiger partial charge in [-0.25, -0.2) is 8.42 Å². The maximum absolute atomic E-state index is 11.8. The lowest BCUT2D eigenvalue weighted by molar-refractivity contribution is -0.174. The van der Waals surface area contributed by atoms with Crippen LogP contribution in [0.25, 0.3) is 0 Å². The summed E-state index contributed by atoms with van der Waals surface area (Å²) in [6.07, 6.45) is -4.22. The van der Waals surface area contributed by atoms with Crippen LogP contribution in [0, 0.1) is 16.7 Å². The van der Waals surface area contributed by atoms with Crippen molar-refractivity contribution in [3.8, 4) is 6.07 Å². The van der Waals surface area contributed by atoms with Crippen LogP contribution in [-0.2, 0) is 14.6 Å². The molecule has 1 aliphatic rings. The molecule has 8 heteroatoms. The molecule has 17 heavy (non-hydrogen) atoms. The summed E-state index contributed by atoms with van der Waals surface area (Å²) in [6.45, 7) is -1.64. The Morgan fingerprint density at radius 3 is 2.47 bits per heavy atom. The molecule has 4 nitrogen and oxygen atoms in total. The first-order chi connectivity index (χ1) is 7.68. The van der Waals surface area contributed by atoms with E-state index in [1.807, 2.05) is 6.07 Å². The molecule has 0 spiro atoms. The summed E-state index contributed by atoms with van der Waals surface area (Å²) in [5.74, 6) is -0.369. The van der Waals surface area contributed by atoms with E-state index in [0.717, 1.165) is 0 Å². The van der Waals surface area contributed by atoms with Crippen LogP contribution in [0.1, 0.15) is 12.8 Å². The molecule has 0 aromatic rings. The number of nitriles is 1. The van der Waals surface area contributed by atoms with Gasteiger partial charge in [-0.05, 0) is 12.8 Å². The fourth-order valence-electron chi connectivity index (χ4n) is 1.71. The Balaban J connectivity index is 2.43. The zero-order chi connectivity index (χ0) is 13.2. The number of alkyl halides is 3. The molecule has 1 fully saturated rings. The molecule has 1 heterocycles. The van der Waals surface area contributed by atoms with Gasteiger partial charge in [-0.15, -0.1) is 0 Å². The summed E-state index contributed by atoms with van der Waals surface area (Å²) in [5, 5.41) is 8.92. The second kappa shape index (κ2) is 4.82. The zero-order valence-electron chi connectivity index (χ0n) is 8.96. The molecule has 0 aromatic heterocycles. The van der Waals surface area contributed by atoms with Gasteiger partial charge in [0.2, 0.25) is 0 Å². The highest BCUT2D eigenvalue weighted by atomic mass is 32.2. The number of nitrogens with zero attached hydrogens (tertiary/aromatic N) is 1. The molecule has 0 aromatic carbocycles. The van der Waals surface area contributed by atoms with Gasteiger partial charge in [-0.3, -0.25) is 0 Å². The molecular formula is C9H12F3NO3S. The highest BCUT2D eigenvalue weighted by Crippen LogP contribution is 2.35. The Morgan fingerprint density at radius 2 is 2.06 bits per heavy atom. The van der Waals surface area contributed by atoms with Gasteiger partial charge < -0.3 is 4.74 Å². The summed E-state index contributed by atoms with van der Waals surface area (Å²) >= 11 is 0. The van der Waals surface area contributed by atoms with Crippen LogP contribution in [0.2, 0.25) is 0 Å². The molecule has 1 aliphatic heterocycles. The Morgan fingerprint density at radius 1 is 1.41 bits per heavy atom. The SMILES string of the molecule is N#CC1(CCOCC(F)(F)F)CCS(=O)(=O)C1. The normalized spacial score (nSPS) is 27.9. The molecule has 98 valence electrons. The number of hydrogen-bond acceptors (Lipinski definition) is 4. The van der Waals surface area contributed by atoms with E-state index in [9.17, 15) is 21.6 Å². The fourth-order valence-corrected chi connectivity index (χ4v) is 3.75. The lowest BCUT2D eigenvalue weighted by Gasteiger charge is -2.18. The molecule has 1 unspecified atom stereocenters. The Labute approximate surface area is 97.3 Å². The minimum Gasteiger partial charge on any atom is -0.372 e. The van der Waals surface area contributed by atoms with Crippen molar-refractivity contribution in [2.45, 2.75) is 19.0 Å². The van der Waals surface area contributed by atoms with Gasteiger partial charge in [0, 0.05) is 6.61 Å². The van der Waals surface area contributed by atoms with E-state index in [1.54, 1.807) is 0 Å². The molecule has 1 saturated heterocycles. The third-order valence-corrected chi connectivity index (χ3v) is 4.43. The summed E-state index contributed by atoms with van der Waals surface area (Å²) in [7, 11) is -3.23. The van der Waals surface area contributed by atoms with Gasteiger partial charge in [0.05, 0.1) is 23.0 Å². The van der Waals surface area contributed by atoms with E-state index in [4.69, 9.17) is 5.26 Å². The number of halogens is 3. The standard InChI is InChI=1S/C9H12F3NO3S/c10-9(11,12)6-16-3-1-8(5-13)2-4-17(14,15)7-8/h1-4,6-7H2. The van der Waals surface area contributed by atoms with Crippen molar-refractivity contribution in [3.63, 3.8) is 0 Å². The summed E-state index contributed by atoms with van der Waals surface area (Å²) in [6, 6.07) is 1.89. The lowest BCUT2D eigenvalue weighted by atomic mass is 9.86. The third kappa shape index (κ3) is 4.52. The first-order valence-electron chi connectivity index (χ1n) is 4.94. The van der Waals surface area contributed by atoms with E-state index in [0.29, 0.717) is 0 Å². The Bertz CT molecular complexity index is 412. The topological polar surface area (TPSA) is 67.2 Å². The minimum absolute atomic E-state index is 0.0127. The number of hydrogen-bond donors (Lipinski definition) is 0. The monoisotopic (exact) mass is 271 g/mol. The predicted octanol–water partition coefficient (Wildman–Crippen LogP) is 1.28. The second-order valence-corrected chi connectivity index (χ2v) is 6.34. The van der Waals surface area contributed by atoms with Crippen LogP contribution < -0.4 is 0 Å². The highest BCUT2D eigenvalue weighted by Gasteiger charge is 2.42. The van der Waals surface area contributed by atoms with Crippen LogP contribution in [0.3, 0.4) is 0 Å². The van der Waals surface area contributed by atoms with E-state index in [-0.39, 0.29) is 31.0 Å². The smallest absolute Gasteiger partial charge is 0.372 e. The first-order valence-corrected chi connectivity index (χ1v) is 6.76. The summed E-state index contributed by atoms with van der Waals surface area (Å²) in [4.78, 5) is 0. The van der Waals surface area contributed by atoms with Crippen molar-refractivity contribution in [2.75, 3.05) is 24.7 Å². The van der Waals surface area contributed by atoms with E-state index >= 15 is 0 Å². The van der Waals surface area contributed by atoms with Crippen molar-refractivity contribution < 1.29 is 26.3 Å². The zero-order valence-corrected chi connectivity index (χ0v) is 9.77. The van der Waals surface area contributed by atoms with Crippen LogP contribution in [0.4, 0.5) is 13.2 Å². The second-order valence-electron chi connectivity index (χ2n) is 4.15. The minimum atomic E-state index is -4.40. The van der Waals surface area contributed by atoms with Crippen molar-refractivity contribution in [1.29, 1.82) is 5.26 Å². The quantitative estimate of drug-likeness (QED) is 0.722. The van der Waals surface area contributed by atoms with Gasteiger partial charge in [0.15, 0.2) is 9.84 Å². The lowest BCUT2D eigenvalue weighted by Crippen LogP contribution is -2.24. The van der Waals surface area contributed by atoms with Gasteiger partial charge in [-0.1, -0.05) is 0 Å². The number of sulfone groups is 1. The van der Waals surface area contributed by atoms with Crippen LogP contribution in [0.5, 0.6) is 0 Å². The Kier molecular flexibility index (Phi) is 4.04. The molecular weight excluding hydrogens is 259 g/mol. The molecule has 1 rings (SSSR count). The molecule has 0 amide bonds. The highest BCUT2D eigenvalue weighted by molar-refractivity contribution is 7.91. The fraction of sp³-hybridized carbons (Fsp3) is 0.889. The van der Waals surface area contributed by atoms with Crippen LogP contribution in [0.15, 0.2) is 0 Å². The van der Waals surface area contributed by atoms with E-state index < -0.39 is 28.0 Å². The molecule has 0 bridgehead atoms. The van der Waals surface area contributed by atoms with Crippen molar-refractivity contribution in [2.24, 2.45) is 5.41 Å². The van der Waals surface area contributed by atoms with E-state index in [1.165, 1.54) is 0 Å².